The van der Waals surface area contributed by atoms with E-state index in [1.165, 1.54) is 7.11 Å². The number of esters is 1. The summed E-state index contributed by atoms with van der Waals surface area (Å²) in [7, 11) is 1.34. The van der Waals surface area contributed by atoms with Crippen LogP contribution in [0.1, 0.15) is 24.5 Å². The number of hydrogen-bond acceptors (Lipinski definition) is 4. The van der Waals surface area contributed by atoms with Gasteiger partial charge >= 0.3 is 5.97 Å². The molecule has 0 saturated carbocycles. The number of aromatic nitrogens is 1. The molecule has 0 unspecified atom stereocenters. The summed E-state index contributed by atoms with van der Waals surface area (Å²) in [5, 5.41) is 10.2. The Hall–Kier alpha value is -1.68. The average molecular weight is 235 g/mol. The van der Waals surface area contributed by atoms with E-state index in [9.17, 15) is 9.90 Å². The standard InChI is InChI=1S/C13H17NO3/c1-3-5-10(8-12(15)17-2)13(16)11-6-4-7-14-9-11/h3-4,6-7,9-10,13,16H,1,5,8H2,2H3/t10-,13-/m0/s1. The van der Waals surface area contributed by atoms with Crippen LogP contribution in [0.15, 0.2) is 37.2 Å². The number of aliphatic hydroxyl groups excluding tert-OH is 1. The van der Waals surface area contributed by atoms with Gasteiger partial charge in [-0.3, -0.25) is 9.78 Å². The SMILES string of the molecule is C=CC[C@@H](CC(=O)OC)[C@H](O)c1cccnc1. The van der Waals surface area contributed by atoms with Crippen molar-refractivity contribution < 1.29 is 14.6 Å². The van der Waals surface area contributed by atoms with Crippen molar-refractivity contribution in [1.82, 2.24) is 4.98 Å². The number of allylic oxidation sites excluding steroid dienone is 1. The van der Waals surface area contributed by atoms with Gasteiger partial charge in [-0.05, 0) is 18.1 Å². The molecule has 0 aliphatic heterocycles. The Bertz CT molecular complexity index is 364. The molecular weight excluding hydrogens is 218 g/mol. The van der Waals surface area contributed by atoms with Crippen molar-refractivity contribution in [3.63, 3.8) is 0 Å². The van der Waals surface area contributed by atoms with Gasteiger partial charge in [0.05, 0.1) is 19.6 Å². The molecule has 0 aliphatic rings. The van der Waals surface area contributed by atoms with Crippen LogP contribution >= 0.6 is 0 Å². The van der Waals surface area contributed by atoms with E-state index in [-0.39, 0.29) is 18.3 Å². The molecule has 4 heteroatoms. The molecule has 0 aromatic carbocycles. The first-order chi connectivity index (χ1) is 8.19. The Kier molecular flexibility index (Phi) is 5.36. The van der Waals surface area contributed by atoms with Crippen molar-refractivity contribution in [3.8, 4) is 0 Å². The molecule has 2 atom stereocenters. The Balaban J connectivity index is 2.76. The number of ether oxygens (including phenoxy) is 1. The van der Waals surface area contributed by atoms with E-state index in [0.717, 1.165) is 0 Å². The molecule has 0 amide bonds. The number of pyridine rings is 1. The van der Waals surface area contributed by atoms with Gasteiger partial charge < -0.3 is 9.84 Å². The van der Waals surface area contributed by atoms with Gasteiger partial charge in [0.25, 0.3) is 0 Å². The minimum Gasteiger partial charge on any atom is -0.469 e. The quantitative estimate of drug-likeness (QED) is 0.604. The summed E-state index contributed by atoms with van der Waals surface area (Å²) in [6, 6.07) is 3.53. The Morgan fingerprint density at radius 1 is 1.71 bits per heavy atom. The number of hydrogen-bond donors (Lipinski definition) is 1. The third-order valence-electron chi connectivity index (χ3n) is 2.60. The predicted molar refractivity (Wildman–Crippen MR) is 64.1 cm³/mol. The first-order valence-corrected chi connectivity index (χ1v) is 5.44. The number of methoxy groups -OCH3 is 1. The van der Waals surface area contributed by atoms with Crippen LogP contribution in [-0.4, -0.2) is 23.2 Å². The smallest absolute Gasteiger partial charge is 0.305 e. The van der Waals surface area contributed by atoms with E-state index < -0.39 is 6.10 Å². The molecular formula is C13H17NO3. The molecule has 92 valence electrons. The second-order valence-corrected chi connectivity index (χ2v) is 3.80. The minimum atomic E-state index is -0.735. The normalized spacial score (nSPS) is 13.8. The summed E-state index contributed by atoms with van der Waals surface area (Å²) in [6.45, 7) is 3.63. The first kappa shape index (κ1) is 13.4. The van der Waals surface area contributed by atoms with E-state index in [2.05, 4.69) is 16.3 Å². The Labute approximate surface area is 101 Å². The van der Waals surface area contributed by atoms with Crippen molar-refractivity contribution in [1.29, 1.82) is 0 Å². The molecule has 1 rings (SSSR count). The number of carbonyl (C=O) groups excluding carboxylic acids is 1. The van der Waals surface area contributed by atoms with E-state index in [4.69, 9.17) is 0 Å². The average Bonchev–Trinajstić information content (AvgIpc) is 2.38. The van der Waals surface area contributed by atoms with Crippen molar-refractivity contribution in [2.45, 2.75) is 18.9 Å². The van der Waals surface area contributed by atoms with E-state index in [1.807, 2.05) is 0 Å². The third kappa shape index (κ3) is 4.00. The molecule has 0 aliphatic carbocycles. The molecule has 1 N–H and O–H groups in total. The Morgan fingerprint density at radius 3 is 3.00 bits per heavy atom. The maximum absolute atomic E-state index is 11.2. The monoisotopic (exact) mass is 235 g/mol. The maximum Gasteiger partial charge on any atom is 0.305 e. The number of carbonyl (C=O) groups is 1. The molecule has 17 heavy (non-hydrogen) atoms. The van der Waals surface area contributed by atoms with Gasteiger partial charge in [0.15, 0.2) is 0 Å². The maximum atomic E-state index is 11.2. The van der Waals surface area contributed by atoms with Crippen LogP contribution in [0.4, 0.5) is 0 Å². The number of nitrogens with zero attached hydrogens (tertiary/aromatic N) is 1. The summed E-state index contributed by atoms with van der Waals surface area (Å²) in [5.74, 6) is -0.566. The minimum absolute atomic E-state index is 0.165. The second kappa shape index (κ2) is 6.81. The predicted octanol–water partition coefficient (Wildman–Crippen LogP) is 1.87. The zero-order valence-corrected chi connectivity index (χ0v) is 9.87. The highest BCUT2D eigenvalue weighted by Crippen LogP contribution is 2.27. The molecule has 0 fully saturated rings. The van der Waals surface area contributed by atoms with Crippen molar-refractivity contribution in [3.05, 3.63) is 42.7 Å². The van der Waals surface area contributed by atoms with Gasteiger partial charge in [0.2, 0.25) is 0 Å². The lowest BCUT2D eigenvalue weighted by Crippen LogP contribution is -2.17. The largest absolute Gasteiger partial charge is 0.469 e. The highest BCUT2D eigenvalue weighted by atomic mass is 16.5. The number of aliphatic hydroxyl groups is 1. The zero-order chi connectivity index (χ0) is 12.7. The van der Waals surface area contributed by atoms with Gasteiger partial charge in [0, 0.05) is 18.3 Å². The van der Waals surface area contributed by atoms with Gasteiger partial charge in [0.1, 0.15) is 0 Å². The topological polar surface area (TPSA) is 59.4 Å². The fraction of sp³-hybridized carbons (Fsp3) is 0.385. The van der Waals surface area contributed by atoms with Crippen LogP contribution < -0.4 is 0 Å². The molecule has 0 spiro atoms. The van der Waals surface area contributed by atoms with Gasteiger partial charge in [-0.1, -0.05) is 12.1 Å². The van der Waals surface area contributed by atoms with Crippen LogP contribution in [0.3, 0.4) is 0 Å². The van der Waals surface area contributed by atoms with Gasteiger partial charge in [-0.25, -0.2) is 0 Å². The van der Waals surface area contributed by atoms with Crippen LogP contribution in [0, 0.1) is 5.92 Å². The van der Waals surface area contributed by atoms with E-state index in [0.29, 0.717) is 12.0 Å². The lowest BCUT2D eigenvalue weighted by Gasteiger charge is -2.20. The highest BCUT2D eigenvalue weighted by Gasteiger charge is 2.23. The van der Waals surface area contributed by atoms with Crippen molar-refractivity contribution in [2.75, 3.05) is 7.11 Å². The molecule has 0 saturated heterocycles. The van der Waals surface area contributed by atoms with Crippen molar-refractivity contribution >= 4 is 5.97 Å². The zero-order valence-electron chi connectivity index (χ0n) is 9.87. The summed E-state index contributed by atoms with van der Waals surface area (Å²) in [6.07, 6.45) is 4.90. The molecule has 1 aromatic heterocycles. The molecule has 1 heterocycles. The highest BCUT2D eigenvalue weighted by molar-refractivity contribution is 5.69. The third-order valence-corrected chi connectivity index (χ3v) is 2.60. The van der Waals surface area contributed by atoms with Gasteiger partial charge in [-0.15, -0.1) is 6.58 Å². The van der Waals surface area contributed by atoms with Crippen LogP contribution in [0.25, 0.3) is 0 Å². The van der Waals surface area contributed by atoms with Crippen LogP contribution in [-0.2, 0) is 9.53 Å². The lowest BCUT2D eigenvalue weighted by atomic mass is 9.91. The van der Waals surface area contributed by atoms with Crippen LogP contribution in [0.5, 0.6) is 0 Å². The van der Waals surface area contributed by atoms with Crippen molar-refractivity contribution in [2.24, 2.45) is 5.92 Å². The second-order valence-electron chi connectivity index (χ2n) is 3.80. The number of rotatable bonds is 6. The van der Waals surface area contributed by atoms with E-state index >= 15 is 0 Å². The Morgan fingerprint density at radius 2 is 2.47 bits per heavy atom. The fourth-order valence-corrected chi connectivity index (χ4v) is 1.66. The lowest BCUT2D eigenvalue weighted by molar-refractivity contribution is -0.142. The summed E-state index contributed by atoms with van der Waals surface area (Å²) in [5.41, 5.74) is 0.697. The van der Waals surface area contributed by atoms with E-state index in [1.54, 1.807) is 30.6 Å². The molecule has 1 aromatic rings. The summed E-state index contributed by atoms with van der Waals surface area (Å²) < 4.78 is 4.61. The molecule has 4 nitrogen and oxygen atoms in total. The molecule has 0 bridgehead atoms. The van der Waals surface area contributed by atoms with Gasteiger partial charge in [-0.2, -0.15) is 0 Å². The summed E-state index contributed by atoms with van der Waals surface area (Å²) >= 11 is 0. The molecule has 0 radical (unpaired) electrons. The first-order valence-electron chi connectivity index (χ1n) is 5.44. The van der Waals surface area contributed by atoms with Crippen LogP contribution in [0.2, 0.25) is 0 Å². The summed E-state index contributed by atoms with van der Waals surface area (Å²) in [4.78, 5) is 15.2. The fourth-order valence-electron chi connectivity index (χ4n) is 1.66.